The number of nitrogens with zero attached hydrogens (tertiary/aromatic N) is 1. The van der Waals surface area contributed by atoms with E-state index in [0.717, 1.165) is 19.3 Å². The van der Waals surface area contributed by atoms with Crippen molar-refractivity contribution in [3.05, 3.63) is 63.9 Å². The zero-order valence-corrected chi connectivity index (χ0v) is 13.9. The maximum absolute atomic E-state index is 12.2. The van der Waals surface area contributed by atoms with Gasteiger partial charge in [0.2, 0.25) is 0 Å². The van der Waals surface area contributed by atoms with Gasteiger partial charge in [-0.3, -0.25) is 14.9 Å². The number of furan rings is 1. The van der Waals surface area contributed by atoms with Gasteiger partial charge in [0.15, 0.2) is 5.76 Å². The number of amides is 1. The first-order chi connectivity index (χ1) is 12.1. The minimum Gasteiger partial charge on any atom is -0.451 e. The Bertz CT molecular complexity index is 790. The fourth-order valence-corrected chi connectivity index (χ4v) is 2.92. The summed E-state index contributed by atoms with van der Waals surface area (Å²) in [4.78, 5) is 22.4. The number of rotatable bonds is 6. The van der Waals surface area contributed by atoms with Crippen LogP contribution in [0.2, 0.25) is 0 Å². The number of hydrogen-bond acceptors (Lipinski definition) is 4. The standard InChI is InChI=1S/C19H20N2O4/c22-19(20-13-12-14-4-2-1-3-5-14)18-11-10-17(25-18)15-6-8-16(9-7-15)21(23)24/h4,6-11H,1-3,5,12-13H2,(H,20,22). The van der Waals surface area contributed by atoms with Gasteiger partial charge in [-0.1, -0.05) is 11.6 Å². The molecule has 6 heteroatoms. The number of nitrogens with one attached hydrogen (secondary N) is 1. The summed E-state index contributed by atoms with van der Waals surface area (Å²) < 4.78 is 5.58. The van der Waals surface area contributed by atoms with Gasteiger partial charge in [0, 0.05) is 24.2 Å². The number of allylic oxidation sites excluding steroid dienone is 1. The molecule has 1 N–H and O–H groups in total. The van der Waals surface area contributed by atoms with Crippen LogP contribution in [0.1, 0.15) is 42.7 Å². The van der Waals surface area contributed by atoms with Gasteiger partial charge in [0.1, 0.15) is 5.76 Å². The van der Waals surface area contributed by atoms with Crippen molar-refractivity contribution in [3.8, 4) is 11.3 Å². The van der Waals surface area contributed by atoms with Crippen LogP contribution in [0.4, 0.5) is 5.69 Å². The molecule has 0 aliphatic heterocycles. The van der Waals surface area contributed by atoms with Crippen LogP contribution in [0.15, 0.2) is 52.5 Å². The summed E-state index contributed by atoms with van der Waals surface area (Å²) in [6.45, 7) is 0.595. The van der Waals surface area contributed by atoms with E-state index >= 15 is 0 Å². The summed E-state index contributed by atoms with van der Waals surface area (Å²) >= 11 is 0. The minimum atomic E-state index is -0.452. The largest absolute Gasteiger partial charge is 0.451 e. The molecule has 1 aliphatic carbocycles. The van der Waals surface area contributed by atoms with Gasteiger partial charge in [-0.05, 0) is 56.4 Å². The molecule has 0 atom stereocenters. The van der Waals surface area contributed by atoms with Gasteiger partial charge in [-0.2, -0.15) is 0 Å². The molecule has 0 saturated heterocycles. The Kier molecular flexibility index (Phi) is 5.28. The van der Waals surface area contributed by atoms with Crippen LogP contribution in [0.5, 0.6) is 0 Å². The predicted octanol–water partition coefficient (Wildman–Crippen LogP) is 4.48. The molecular weight excluding hydrogens is 320 g/mol. The number of carbonyl (C=O) groups is 1. The summed E-state index contributed by atoms with van der Waals surface area (Å²) in [5.74, 6) is 0.505. The number of carbonyl (C=O) groups excluding carboxylic acids is 1. The van der Waals surface area contributed by atoms with Gasteiger partial charge >= 0.3 is 0 Å². The Morgan fingerprint density at radius 3 is 2.64 bits per heavy atom. The van der Waals surface area contributed by atoms with E-state index in [1.165, 1.54) is 30.5 Å². The van der Waals surface area contributed by atoms with E-state index in [9.17, 15) is 14.9 Å². The lowest BCUT2D eigenvalue weighted by atomic mass is 9.97. The Labute approximate surface area is 145 Å². The number of non-ortho nitro benzene ring substituents is 1. The molecule has 0 fully saturated rings. The third-order valence-corrected chi connectivity index (χ3v) is 4.31. The van der Waals surface area contributed by atoms with Crippen LogP contribution in [0.3, 0.4) is 0 Å². The van der Waals surface area contributed by atoms with Crippen molar-refractivity contribution in [1.82, 2.24) is 5.32 Å². The highest BCUT2D eigenvalue weighted by atomic mass is 16.6. The number of hydrogen-bond donors (Lipinski definition) is 1. The van der Waals surface area contributed by atoms with E-state index in [1.54, 1.807) is 24.3 Å². The molecule has 2 aromatic rings. The number of benzene rings is 1. The van der Waals surface area contributed by atoms with Gasteiger partial charge in [-0.15, -0.1) is 0 Å². The van der Waals surface area contributed by atoms with E-state index in [1.807, 2.05) is 0 Å². The minimum absolute atomic E-state index is 0.0188. The Morgan fingerprint density at radius 1 is 1.16 bits per heavy atom. The van der Waals surface area contributed by atoms with Crippen LogP contribution in [0, 0.1) is 10.1 Å². The molecule has 1 heterocycles. The second-order valence-electron chi connectivity index (χ2n) is 6.08. The average molecular weight is 340 g/mol. The monoisotopic (exact) mass is 340 g/mol. The van der Waals surface area contributed by atoms with Crippen molar-refractivity contribution < 1.29 is 14.1 Å². The Hall–Kier alpha value is -2.89. The van der Waals surface area contributed by atoms with E-state index in [0.29, 0.717) is 17.9 Å². The zero-order chi connectivity index (χ0) is 17.6. The fraction of sp³-hybridized carbons (Fsp3) is 0.316. The second kappa shape index (κ2) is 7.79. The van der Waals surface area contributed by atoms with Crippen LogP contribution >= 0.6 is 0 Å². The summed E-state index contributed by atoms with van der Waals surface area (Å²) in [7, 11) is 0. The third-order valence-electron chi connectivity index (χ3n) is 4.31. The molecule has 6 nitrogen and oxygen atoms in total. The molecule has 3 rings (SSSR count). The van der Waals surface area contributed by atoms with Crippen LogP contribution < -0.4 is 5.32 Å². The van der Waals surface area contributed by atoms with Gasteiger partial charge in [0.25, 0.3) is 11.6 Å². The molecule has 0 unspecified atom stereocenters. The predicted molar refractivity (Wildman–Crippen MR) is 94.3 cm³/mol. The lowest BCUT2D eigenvalue weighted by Crippen LogP contribution is -2.24. The van der Waals surface area contributed by atoms with Crippen molar-refractivity contribution in [2.75, 3.05) is 6.54 Å². The first-order valence-corrected chi connectivity index (χ1v) is 8.44. The highest BCUT2D eigenvalue weighted by molar-refractivity contribution is 5.92. The van der Waals surface area contributed by atoms with Gasteiger partial charge in [0.05, 0.1) is 4.92 Å². The van der Waals surface area contributed by atoms with Crippen molar-refractivity contribution in [2.45, 2.75) is 32.1 Å². The lowest BCUT2D eigenvalue weighted by Gasteiger charge is -2.12. The highest BCUT2D eigenvalue weighted by Gasteiger charge is 2.13. The average Bonchev–Trinajstić information content (AvgIpc) is 3.13. The molecule has 0 saturated carbocycles. The van der Waals surface area contributed by atoms with E-state index in [4.69, 9.17) is 4.42 Å². The molecule has 1 aliphatic rings. The van der Waals surface area contributed by atoms with E-state index < -0.39 is 4.92 Å². The first kappa shape index (κ1) is 17.0. The number of nitro benzene ring substituents is 1. The molecule has 1 amide bonds. The van der Waals surface area contributed by atoms with E-state index in [2.05, 4.69) is 11.4 Å². The highest BCUT2D eigenvalue weighted by Crippen LogP contribution is 2.24. The van der Waals surface area contributed by atoms with Crippen LogP contribution in [-0.4, -0.2) is 17.4 Å². The molecule has 0 spiro atoms. The zero-order valence-electron chi connectivity index (χ0n) is 13.9. The molecule has 0 bridgehead atoms. The SMILES string of the molecule is O=C(NCCC1=CCCCC1)c1ccc(-c2ccc([N+](=O)[O-])cc2)o1. The Morgan fingerprint density at radius 2 is 1.96 bits per heavy atom. The van der Waals surface area contributed by atoms with Crippen LogP contribution in [-0.2, 0) is 0 Å². The second-order valence-corrected chi connectivity index (χ2v) is 6.08. The molecule has 0 radical (unpaired) electrons. The van der Waals surface area contributed by atoms with Crippen molar-refractivity contribution in [1.29, 1.82) is 0 Å². The first-order valence-electron chi connectivity index (χ1n) is 8.44. The van der Waals surface area contributed by atoms with Gasteiger partial charge in [-0.25, -0.2) is 0 Å². The normalized spacial score (nSPS) is 14.0. The summed E-state index contributed by atoms with van der Waals surface area (Å²) in [5, 5.41) is 13.6. The molecule has 1 aromatic heterocycles. The fourth-order valence-electron chi connectivity index (χ4n) is 2.92. The Balaban J connectivity index is 1.57. The summed E-state index contributed by atoms with van der Waals surface area (Å²) in [6, 6.07) is 9.35. The topological polar surface area (TPSA) is 85.4 Å². The maximum Gasteiger partial charge on any atom is 0.287 e. The van der Waals surface area contributed by atoms with Crippen LogP contribution in [0.25, 0.3) is 11.3 Å². The van der Waals surface area contributed by atoms with Gasteiger partial charge < -0.3 is 9.73 Å². The summed E-state index contributed by atoms with van der Waals surface area (Å²) in [5.41, 5.74) is 2.12. The lowest BCUT2D eigenvalue weighted by molar-refractivity contribution is -0.384. The van der Waals surface area contributed by atoms with Crippen molar-refractivity contribution in [3.63, 3.8) is 0 Å². The van der Waals surface area contributed by atoms with Crippen molar-refractivity contribution in [2.24, 2.45) is 0 Å². The molecule has 130 valence electrons. The maximum atomic E-state index is 12.2. The summed E-state index contributed by atoms with van der Waals surface area (Å²) in [6.07, 6.45) is 7.90. The van der Waals surface area contributed by atoms with Crippen molar-refractivity contribution >= 4 is 11.6 Å². The third kappa shape index (κ3) is 4.35. The molecular formula is C19H20N2O4. The number of nitro groups is 1. The molecule has 25 heavy (non-hydrogen) atoms. The molecule has 1 aromatic carbocycles. The quantitative estimate of drug-likeness (QED) is 0.477. The smallest absolute Gasteiger partial charge is 0.287 e. The van der Waals surface area contributed by atoms with E-state index in [-0.39, 0.29) is 17.4 Å².